The Morgan fingerprint density at radius 2 is 1.79 bits per heavy atom. The predicted octanol–water partition coefficient (Wildman–Crippen LogP) is 4.05. The van der Waals surface area contributed by atoms with Crippen molar-refractivity contribution in [2.24, 2.45) is 0 Å². The van der Waals surface area contributed by atoms with E-state index in [9.17, 15) is 29.4 Å². The second-order valence-electron chi connectivity index (χ2n) is 8.62. The number of hydrogen-bond donors (Lipinski definition) is 4. The summed E-state index contributed by atoms with van der Waals surface area (Å²) in [6, 6.07) is 8.86. The Bertz CT molecular complexity index is 1420. The number of carbonyl (C=O) groups is 4. The molecule has 1 unspecified atom stereocenters. The van der Waals surface area contributed by atoms with Crippen LogP contribution in [0, 0.1) is 0 Å². The van der Waals surface area contributed by atoms with Crippen LogP contribution in [0.1, 0.15) is 47.6 Å². The molecule has 13 heteroatoms. The van der Waals surface area contributed by atoms with Gasteiger partial charge in [0.2, 0.25) is 0 Å². The zero-order valence-corrected chi connectivity index (χ0v) is 23.2. The van der Waals surface area contributed by atoms with E-state index in [0.29, 0.717) is 26.6 Å². The average Bonchev–Trinajstić information content (AvgIpc) is 3.45. The molecule has 1 aliphatic heterocycles. The SMILES string of the molecule is O=C(NC[C@H](NC(=O)c1c(Cl)cc2c(c1Cl)CCN(C(=O)c1ccc(Cl)cc1)C2CO)C(=O)O)c1cccs1. The summed E-state index contributed by atoms with van der Waals surface area (Å²) in [6.45, 7) is -0.587. The van der Waals surface area contributed by atoms with Crippen LogP contribution in [0.4, 0.5) is 0 Å². The molecule has 4 N–H and O–H groups in total. The first-order chi connectivity index (χ1) is 18.6. The topological polar surface area (TPSA) is 136 Å². The lowest BCUT2D eigenvalue weighted by Crippen LogP contribution is -2.48. The number of fused-ring (bicyclic) bond motifs is 1. The highest BCUT2D eigenvalue weighted by Gasteiger charge is 2.35. The number of hydrogen-bond acceptors (Lipinski definition) is 6. The van der Waals surface area contributed by atoms with E-state index in [1.54, 1.807) is 41.8 Å². The van der Waals surface area contributed by atoms with Crippen LogP contribution in [0.5, 0.6) is 0 Å². The lowest BCUT2D eigenvalue weighted by Gasteiger charge is -2.37. The second kappa shape index (κ2) is 12.4. The van der Waals surface area contributed by atoms with Crippen molar-refractivity contribution >= 4 is 69.8 Å². The van der Waals surface area contributed by atoms with Crippen LogP contribution in [0.15, 0.2) is 47.8 Å². The number of carboxylic acid groups (broad SMARTS) is 1. The fraction of sp³-hybridized carbons (Fsp3) is 0.231. The molecule has 1 aliphatic rings. The number of aliphatic hydroxyl groups excluding tert-OH is 1. The van der Waals surface area contributed by atoms with E-state index in [1.807, 2.05) is 0 Å². The molecule has 2 atom stereocenters. The molecule has 0 saturated heterocycles. The quantitative estimate of drug-likeness (QED) is 0.304. The van der Waals surface area contributed by atoms with Gasteiger partial charge in [0, 0.05) is 23.7 Å². The smallest absolute Gasteiger partial charge is 0.328 e. The highest BCUT2D eigenvalue weighted by atomic mass is 35.5. The van der Waals surface area contributed by atoms with Gasteiger partial charge < -0.3 is 25.7 Å². The minimum atomic E-state index is -1.46. The fourth-order valence-corrected chi connectivity index (χ4v) is 5.82. The summed E-state index contributed by atoms with van der Waals surface area (Å²) in [5.74, 6) is -3.00. The number of thiophene rings is 1. The third-order valence-electron chi connectivity index (χ3n) is 6.26. The molecular formula is C26H22Cl3N3O6S. The highest BCUT2D eigenvalue weighted by molar-refractivity contribution is 7.12. The molecule has 0 fully saturated rings. The minimum absolute atomic E-state index is 0.00111. The highest BCUT2D eigenvalue weighted by Crippen LogP contribution is 2.39. The average molecular weight is 611 g/mol. The van der Waals surface area contributed by atoms with E-state index in [4.69, 9.17) is 34.8 Å². The van der Waals surface area contributed by atoms with Crippen molar-refractivity contribution in [2.75, 3.05) is 19.7 Å². The molecule has 0 radical (unpaired) electrons. The van der Waals surface area contributed by atoms with Crippen LogP contribution < -0.4 is 10.6 Å². The number of benzene rings is 2. The summed E-state index contributed by atoms with van der Waals surface area (Å²) >= 11 is 20.2. The van der Waals surface area contributed by atoms with Crippen molar-refractivity contribution in [1.29, 1.82) is 0 Å². The monoisotopic (exact) mass is 609 g/mol. The predicted molar refractivity (Wildman–Crippen MR) is 148 cm³/mol. The summed E-state index contributed by atoms with van der Waals surface area (Å²) in [5, 5.41) is 26.7. The Hall–Kier alpha value is -3.15. The van der Waals surface area contributed by atoms with E-state index in [1.165, 1.54) is 22.3 Å². The van der Waals surface area contributed by atoms with Crippen LogP contribution in [-0.2, 0) is 11.2 Å². The molecule has 4 rings (SSSR count). The van der Waals surface area contributed by atoms with Crippen LogP contribution in [0.25, 0.3) is 0 Å². The molecule has 0 saturated carbocycles. The van der Waals surface area contributed by atoms with Crippen molar-refractivity contribution in [3.63, 3.8) is 0 Å². The Morgan fingerprint density at radius 1 is 1.08 bits per heavy atom. The van der Waals surface area contributed by atoms with Gasteiger partial charge in [-0.1, -0.05) is 40.9 Å². The van der Waals surface area contributed by atoms with Crippen molar-refractivity contribution < 1.29 is 29.4 Å². The Morgan fingerprint density at radius 3 is 2.41 bits per heavy atom. The van der Waals surface area contributed by atoms with Crippen LogP contribution in [0.2, 0.25) is 15.1 Å². The summed E-state index contributed by atoms with van der Waals surface area (Å²) in [6.07, 6.45) is 0.265. The maximum absolute atomic E-state index is 13.2. The van der Waals surface area contributed by atoms with Crippen LogP contribution in [-0.4, -0.2) is 64.5 Å². The van der Waals surface area contributed by atoms with E-state index >= 15 is 0 Å². The Balaban J connectivity index is 1.55. The number of nitrogens with zero attached hydrogens (tertiary/aromatic N) is 1. The van der Waals surface area contributed by atoms with Crippen molar-refractivity contribution in [3.05, 3.63) is 90.0 Å². The van der Waals surface area contributed by atoms with Gasteiger partial charge in [0.05, 0.1) is 33.1 Å². The molecule has 204 valence electrons. The van der Waals surface area contributed by atoms with E-state index in [0.717, 1.165) is 0 Å². The first-order valence-corrected chi connectivity index (χ1v) is 13.7. The number of carbonyl (C=O) groups excluding carboxylic acids is 3. The number of nitrogens with one attached hydrogen (secondary N) is 2. The van der Waals surface area contributed by atoms with E-state index in [-0.39, 0.29) is 41.0 Å². The number of rotatable bonds is 8. The van der Waals surface area contributed by atoms with Crippen LogP contribution >= 0.6 is 46.1 Å². The first kappa shape index (κ1) is 28.8. The number of carboxylic acids is 1. The molecule has 1 aromatic heterocycles. The molecule has 0 aliphatic carbocycles. The maximum Gasteiger partial charge on any atom is 0.328 e. The van der Waals surface area contributed by atoms with Crippen molar-refractivity contribution in [1.82, 2.24) is 15.5 Å². The fourth-order valence-electron chi connectivity index (χ4n) is 4.31. The van der Waals surface area contributed by atoms with E-state index < -0.39 is 36.5 Å². The largest absolute Gasteiger partial charge is 0.480 e. The van der Waals surface area contributed by atoms with Gasteiger partial charge >= 0.3 is 5.97 Å². The minimum Gasteiger partial charge on any atom is -0.480 e. The lowest BCUT2D eigenvalue weighted by molar-refractivity contribution is -0.139. The molecular weight excluding hydrogens is 589 g/mol. The Kier molecular flexibility index (Phi) is 9.14. The molecule has 2 aromatic carbocycles. The third kappa shape index (κ3) is 6.21. The molecule has 0 bridgehead atoms. The normalized spacial score (nSPS) is 15.3. The van der Waals surface area contributed by atoms with Crippen molar-refractivity contribution in [3.8, 4) is 0 Å². The zero-order chi connectivity index (χ0) is 28.3. The summed E-state index contributed by atoms with van der Waals surface area (Å²) < 4.78 is 0. The molecule has 3 aromatic rings. The van der Waals surface area contributed by atoms with Gasteiger partial charge in [0.25, 0.3) is 17.7 Å². The van der Waals surface area contributed by atoms with Crippen molar-refractivity contribution in [2.45, 2.75) is 18.5 Å². The summed E-state index contributed by atoms with van der Waals surface area (Å²) in [5.41, 5.74) is 1.25. The summed E-state index contributed by atoms with van der Waals surface area (Å²) in [4.78, 5) is 52.1. The van der Waals surface area contributed by atoms with Gasteiger partial charge in [-0.05, 0) is 59.3 Å². The van der Waals surface area contributed by atoms with Gasteiger partial charge in [0.1, 0.15) is 6.04 Å². The molecule has 0 spiro atoms. The van der Waals surface area contributed by atoms with Gasteiger partial charge in [-0.2, -0.15) is 0 Å². The first-order valence-electron chi connectivity index (χ1n) is 11.7. The summed E-state index contributed by atoms with van der Waals surface area (Å²) in [7, 11) is 0. The van der Waals surface area contributed by atoms with Gasteiger partial charge in [-0.15, -0.1) is 11.3 Å². The molecule has 39 heavy (non-hydrogen) atoms. The zero-order valence-electron chi connectivity index (χ0n) is 20.1. The Labute approximate surface area is 242 Å². The number of halogens is 3. The van der Waals surface area contributed by atoms with E-state index in [2.05, 4.69) is 10.6 Å². The molecule has 9 nitrogen and oxygen atoms in total. The lowest BCUT2D eigenvalue weighted by atomic mass is 9.90. The number of amides is 3. The third-order valence-corrected chi connectivity index (χ3v) is 8.09. The number of aliphatic carboxylic acids is 1. The standard InChI is InChI=1S/C26H22Cl3N3O6S/c27-14-5-3-13(4-6-14)25(36)32-8-7-15-16(19(32)12-33)10-17(28)21(22(15)29)24(35)31-18(26(37)38)11-30-23(34)20-2-1-9-39-20/h1-6,9-10,18-19,33H,7-8,11-12H2,(H,30,34)(H,31,35)(H,37,38)/t18-,19?/m0/s1. The van der Waals surface area contributed by atoms with Crippen LogP contribution in [0.3, 0.4) is 0 Å². The second-order valence-corrected chi connectivity index (χ2v) is 10.8. The van der Waals surface area contributed by atoms with Gasteiger partial charge in [-0.25, -0.2) is 4.79 Å². The van der Waals surface area contributed by atoms with Gasteiger partial charge in [0.15, 0.2) is 0 Å². The number of aliphatic hydroxyl groups is 1. The van der Waals surface area contributed by atoms with Gasteiger partial charge in [-0.3, -0.25) is 14.4 Å². The molecule has 2 heterocycles. The maximum atomic E-state index is 13.2. The molecule has 3 amide bonds.